The maximum absolute atomic E-state index is 13.8. The second-order valence-electron chi connectivity index (χ2n) is 5.93. The molecule has 1 N–H and O–H groups in total. The average molecular weight is 390 g/mol. The van der Waals surface area contributed by atoms with Crippen LogP contribution < -0.4 is 10.1 Å². The van der Waals surface area contributed by atoms with Crippen molar-refractivity contribution in [3.05, 3.63) is 83.3 Å². The van der Waals surface area contributed by atoms with E-state index in [0.29, 0.717) is 0 Å². The first-order valence-electron chi connectivity index (χ1n) is 8.12. The minimum Gasteiger partial charge on any atom is -0.439 e. The van der Waals surface area contributed by atoms with Crippen LogP contribution in [0.1, 0.15) is 21.6 Å². The lowest BCUT2D eigenvalue weighted by Crippen LogP contribution is -2.15. The fourth-order valence-electron chi connectivity index (χ4n) is 2.38. The molecule has 0 radical (unpaired) electrons. The van der Waals surface area contributed by atoms with Crippen molar-refractivity contribution in [2.45, 2.75) is 13.1 Å². The van der Waals surface area contributed by atoms with Gasteiger partial charge in [0, 0.05) is 6.07 Å². The van der Waals surface area contributed by atoms with E-state index in [1.54, 1.807) is 13.0 Å². The van der Waals surface area contributed by atoms with Gasteiger partial charge >= 0.3 is 6.18 Å². The van der Waals surface area contributed by atoms with Crippen molar-refractivity contribution in [1.82, 2.24) is 4.98 Å². The molecule has 28 heavy (non-hydrogen) atoms. The monoisotopic (exact) mass is 390 g/mol. The number of aryl methyl sites for hydroxylation is 1. The predicted molar refractivity (Wildman–Crippen MR) is 94.8 cm³/mol. The van der Waals surface area contributed by atoms with Gasteiger partial charge < -0.3 is 10.1 Å². The highest BCUT2D eigenvalue weighted by Crippen LogP contribution is 2.32. The number of amides is 1. The molecule has 0 fully saturated rings. The average Bonchev–Trinajstić information content (AvgIpc) is 2.64. The number of hydrogen-bond donors (Lipinski definition) is 1. The lowest BCUT2D eigenvalue weighted by molar-refractivity contribution is -0.137. The minimum absolute atomic E-state index is 0.00370. The zero-order valence-corrected chi connectivity index (χ0v) is 14.5. The molecule has 0 unspecified atom stereocenters. The summed E-state index contributed by atoms with van der Waals surface area (Å²) in [6.07, 6.45) is -4.51. The molecule has 0 aliphatic carbocycles. The van der Waals surface area contributed by atoms with Gasteiger partial charge in [-0.25, -0.2) is 9.37 Å². The molecule has 1 aromatic heterocycles. The van der Waals surface area contributed by atoms with Crippen LogP contribution in [-0.4, -0.2) is 10.9 Å². The van der Waals surface area contributed by atoms with E-state index in [4.69, 9.17) is 4.74 Å². The van der Waals surface area contributed by atoms with E-state index >= 15 is 0 Å². The van der Waals surface area contributed by atoms with Crippen LogP contribution in [0, 0.1) is 12.7 Å². The zero-order valence-electron chi connectivity index (χ0n) is 14.5. The van der Waals surface area contributed by atoms with Crippen LogP contribution in [0.5, 0.6) is 11.6 Å². The number of pyridine rings is 1. The Balaban J connectivity index is 1.79. The summed E-state index contributed by atoms with van der Waals surface area (Å²) in [5.41, 5.74) is -0.193. The molecule has 4 nitrogen and oxygen atoms in total. The molecule has 0 saturated heterocycles. The molecule has 0 spiro atoms. The van der Waals surface area contributed by atoms with E-state index in [0.717, 1.165) is 17.7 Å². The highest BCUT2D eigenvalue weighted by molar-refractivity contribution is 6.03. The Morgan fingerprint density at radius 3 is 2.54 bits per heavy atom. The van der Waals surface area contributed by atoms with Crippen molar-refractivity contribution < 1.29 is 27.1 Å². The van der Waals surface area contributed by atoms with Gasteiger partial charge in [-0.2, -0.15) is 13.2 Å². The summed E-state index contributed by atoms with van der Waals surface area (Å²) in [5, 5.41) is 2.41. The largest absolute Gasteiger partial charge is 0.439 e. The van der Waals surface area contributed by atoms with Crippen LogP contribution in [0.4, 0.5) is 23.2 Å². The molecule has 0 atom stereocenters. The van der Waals surface area contributed by atoms with Crippen LogP contribution in [0.3, 0.4) is 0 Å². The molecule has 0 saturated carbocycles. The third-order valence-corrected chi connectivity index (χ3v) is 3.71. The molecule has 1 amide bonds. The SMILES string of the molecule is Cc1ccc(F)c(NC(=O)c2cccc(Oc3cccc(C(F)(F)F)c3)n2)c1. The molecule has 2 aromatic carbocycles. The van der Waals surface area contributed by atoms with Crippen molar-refractivity contribution in [1.29, 1.82) is 0 Å². The minimum atomic E-state index is -4.51. The van der Waals surface area contributed by atoms with Crippen molar-refractivity contribution in [2.75, 3.05) is 5.32 Å². The Hall–Kier alpha value is -3.42. The zero-order chi connectivity index (χ0) is 20.3. The normalized spacial score (nSPS) is 11.2. The summed E-state index contributed by atoms with van der Waals surface area (Å²) in [5.74, 6) is -1.43. The molecule has 0 aliphatic rings. The number of ether oxygens (including phenoxy) is 1. The van der Waals surface area contributed by atoms with Crippen LogP contribution >= 0.6 is 0 Å². The van der Waals surface area contributed by atoms with E-state index in [1.807, 2.05) is 0 Å². The summed E-state index contributed by atoms with van der Waals surface area (Å²) >= 11 is 0. The lowest BCUT2D eigenvalue weighted by Gasteiger charge is -2.10. The maximum atomic E-state index is 13.8. The summed E-state index contributed by atoms with van der Waals surface area (Å²) in [4.78, 5) is 16.3. The van der Waals surface area contributed by atoms with Crippen molar-refractivity contribution in [3.8, 4) is 11.6 Å². The van der Waals surface area contributed by atoms with Crippen LogP contribution in [0.25, 0.3) is 0 Å². The van der Waals surface area contributed by atoms with E-state index in [2.05, 4.69) is 10.3 Å². The summed E-state index contributed by atoms with van der Waals surface area (Å²) in [7, 11) is 0. The van der Waals surface area contributed by atoms with Crippen molar-refractivity contribution >= 4 is 11.6 Å². The van der Waals surface area contributed by atoms with Crippen LogP contribution in [0.15, 0.2) is 60.7 Å². The highest BCUT2D eigenvalue weighted by atomic mass is 19.4. The summed E-state index contributed by atoms with van der Waals surface area (Å²) < 4.78 is 57.5. The van der Waals surface area contributed by atoms with Crippen molar-refractivity contribution in [2.24, 2.45) is 0 Å². The van der Waals surface area contributed by atoms with Gasteiger partial charge in [0.25, 0.3) is 5.91 Å². The van der Waals surface area contributed by atoms with Gasteiger partial charge in [-0.1, -0.05) is 18.2 Å². The van der Waals surface area contributed by atoms with E-state index < -0.39 is 23.5 Å². The van der Waals surface area contributed by atoms with Crippen LogP contribution in [-0.2, 0) is 6.18 Å². The molecule has 0 bridgehead atoms. The topological polar surface area (TPSA) is 51.2 Å². The van der Waals surface area contributed by atoms with Gasteiger partial charge in [0.1, 0.15) is 17.3 Å². The van der Waals surface area contributed by atoms with Gasteiger partial charge in [-0.05, 0) is 48.9 Å². The predicted octanol–water partition coefficient (Wildman–Crippen LogP) is 5.59. The smallest absolute Gasteiger partial charge is 0.416 e. The van der Waals surface area contributed by atoms with Gasteiger partial charge in [0.15, 0.2) is 0 Å². The summed E-state index contributed by atoms with van der Waals surface area (Å²) in [6, 6.07) is 12.8. The number of rotatable bonds is 4. The first kappa shape index (κ1) is 19.3. The number of alkyl halides is 3. The molecule has 8 heteroatoms. The number of benzene rings is 2. The lowest BCUT2D eigenvalue weighted by atomic mass is 10.2. The molecular weight excluding hydrogens is 376 g/mol. The molecular formula is C20H14F4N2O2. The maximum Gasteiger partial charge on any atom is 0.416 e. The van der Waals surface area contributed by atoms with E-state index in [1.165, 1.54) is 42.5 Å². The number of nitrogens with one attached hydrogen (secondary N) is 1. The standard InChI is InChI=1S/C20H14F4N2O2/c1-12-8-9-15(21)17(10-12)26-19(27)16-6-3-7-18(25-16)28-14-5-2-4-13(11-14)20(22,23)24/h2-11H,1H3,(H,26,27). The Morgan fingerprint density at radius 2 is 1.79 bits per heavy atom. The quantitative estimate of drug-likeness (QED) is 0.591. The fraction of sp³-hybridized carbons (Fsp3) is 0.100. The molecule has 1 heterocycles. The molecule has 3 rings (SSSR count). The molecule has 3 aromatic rings. The third kappa shape index (κ3) is 4.64. The van der Waals surface area contributed by atoms with Gasteiger partial charge in [-0.3, -0.25) is 4.79 Å². The van der Waals surface area contributed by atoms with E-state index in [-0.39, 0.29) is 23.0 Å². The molecule has 144 valence electrons. The Morgan fingerprint density at radius 1 is 1.04 bits per heavy atom. The first-order valence-corrected chi connectivity index (χ1v) is 8.12. The fourth-order valence-corrected chi connectivity index (χ4v) is 2.38. The number of anilines is 1. The highest BCUT2D eigenvalue weighted by Gasteiger charge is 2.30. The number of aromatic nitrogens is 1. The van der Waals surface area contributed by atoms with Crippen molar-refractivity contribution in [3.63, 3.8) is 0 Å². The first-order chi connectivity index (χ1) is 13.2. The Kier molecular flexibility index (Phi) is 5.30. The van der Waals surface area contributed by atoms with Gasteiger partial charge in [0.2, 0.25) is 5.88 Å². The van der Waals surface area contributed by atoms with E-state index in [9.17, 15) is 22.4 Å². The van der Waals surface area contributed by atoms with Gasteiger partial charge in [-0.15, -0.1) is 0 Å². The molecule has 0 aliphatic heterocycles. The van der Waals surface area contributed by atoms with Crippen LogP contribution in [0.2, 0.25) is 0 Å². The second-order valence-corrected chi connectivity index (χ2v) is 5.93. The number of hydrogen-bond acceptors (Lipinski definition) is 3. The number of nitrogens with zero attached hydrogens (tertiary/aromatic N) is 1. The summed E-state index contributed by atoms with van der Waals surface area (Å²) in [6.45, 7) is 1.75. The second kappa shape index (κ2) is 7.67. The Labute approximate surface area is 157 Å². The van der Waals surface area contributed by atoms with Gasteiger partial charge in [0.05, 0.1) is 11.3 Å². The number of carbonyl (C=O) groups excluding carboxylic acids is 1. The number of carbonyl (C=O) groups is 1. The number of halogens is 4. The Bertz CT molecular complexity index is 1020. The third-order valence-electron chi connectivity index (χ3n) is 3.71.